The lowest BCUT2D eigenvalue weighted by atomic mass is 9.65. The van der Waals surface area contributed by atoms with Crippen LogP contribution in [-0.4, -0.2) is 24.5 Å². The van der Waals surface area contributed by atoms with Crippen LogP contribution < -0.4 is 10.6 Å². The summed E-state index contributed by atoms with van der Waals surface area (Å²) in [5.41, 5.74) is -0.0586. The molecular formula is C16H30N2O. The molecule has 0 spiro atoms. The molecule has 1 heterocycles. The molecule has 3 nitrogen and oxygen atoms in total. The van der Waals surface area contributed by atoms with E-state index in [0.29, 0.717) is 0 Å². The smallest absolute Gasteiger partial charge is 0.217 e. The summed E-state index contributed by atoms with van der Waals surface area (Å²) in [6, 6.07) is 0. The van der Waals surface area contributed by atoms with Gasteiger partial charge in [-0.25, -0.2) is 0 Å². The molecule has 0 bridgehead atoms. The van der Waals surface area contributed by atoms with E-state index in [1.807, 2.05) is 0 Å². The first-order chi connectivity index (χ1) is 8.98. The highest BCUT2D eigenvalue weighted by Crippen LogP contribution is 2.43. The lowest BCUT2D eigenvalue weighted by Crippen LogP contribution is -2.47. The molecule has 1 aliphatic carbocycles. The Hall–Kier alpha value is -0.570. The van der Waals surface area contributed by atoms with Crippen LogP contribution in [0.4, 0.5) is 0 Å². The highest BCUT2D eigenvalue weighted by Gasteiger charge is 2.37. The van der Waals surface area contributed by atoms with E-state index in [0.717, 1.165) is 24.2 Å². The number of amides is 1. The molecule has 1 atom stereocenters. The SMILES string of the molecule is CC(=O)NC(C)(C)C[C@H](C1CCC1)C1CCNCC1. The third-order valence-electron chi connectivity index (χ3n) is 5.01. The van der Waals surface area contributed by atoms with Gasteiger partial charge < -0.3 is 10.6 Å². The number of piperidine rings is 1. The standard InChI is InChI=1S/C16H30N2O/c1-12(19)18-16(2,3)11-15(13-5-4-6-13)14-7-9-17-10-8-14/h13-15,17H,4-11H2,1-3H3,(H,18,19)/t15-/m1/s1. The van der Waals surface area contributed by atoms with Gasteiger partial charge >= 0.3 is 0 Å². The quantitative estimate of drug-likeness (QED) is 0.803. The Morgan fingerprint density at radius 1 is 1.21 bits per heavy atom. The first kappa shape index (κ1) is 14.8. The first-order valence-electron chi connectivity index (χ1n) is 7.97. The van der Waals surface area contributed by atoms with Crippen molar-refractivity contribution < 1.29 is 4.79 Å². The van der Waals surface area contributed by atoms with Gasteiger partial charge in [0, 0.05) is 12.5 Å². The van der Waals surface area contributed by atoms with Crippen LogP contribution in [-0.2, 0) is 4.79 Å². The van der Waals surface area contributed by atoms with Gasteiger partial charge in [-0.1, -0.05) is 19.3 Å². The Balaban J connectivity index is 1.98. The molecule has 1 saturated heterocycles. The summed E-state index contributed by atoms with van der Waals surface area (Å²) < 4.78 is 0. The van der Waals surface area contributed by atoms with E-state index < -0.39 is 0 Å². The van der Waals surface area contributed by atoms with Gasteiger partial charge in [-0.3, -0.25) is 4.79 Å². The summed E-state index contributed by atoms with van der Waals surface area (Å²) >= 11 is 0. The van der Waals surface area contributed by atoms with Gasteiger partial charge in [0.25, 0.3) is 0 Å². The molecule has 0 aromatic heterocycles. The fraction of sp³-hybridized carbons (Fsp3) is 0.938. The van der Waals surface area contributed by atoms with Crippen molar-refractivity contribution in [1.29, 1.82) is 0 Å². The normalized spacial score (nSPS) is 23.7. The molecule has 2 rings (SSSR count). The van der Waals surface area contributed by atoms with Crippen molar-refractivity contribution in [2.45, 2.75) is 64.8 Å². The van der Waals surface area contributed by atoms with Crippen LogP contribution in [0.5, 0.6) is 0 Å². The van der Waals surface area contributed by atoms with Crippen LogP contribution in [0, 0.1) is 17.8 Å². The third kappa shape index (κ3) is 4.20. The summed E-state index contributed by atoms with van der Waals surface area (Å²) in [5, 5.41) is 6.61. The largest absolute Gasteiger partial charge is 0.351 e. The van der Waals surface area contributed by atoms with Crippen molar-refractivity contribution in [3.63, 3.8) is 0 Å². The van der Waals surface area contributed by atoms with Crippen molar-refractivity contribution >= 4 is 5.91 Å². The van der Waals surface area contributed by atoms with Crippen molar-refractivity contribution in [2.75, 3.05) is 13.1 Å². The second kappa shape index (κ2) is 6.25. The monoisotopic (exact) mass is 266 g/mol. The molecule has 2 N–H and O–H groups in total. The van der Waals surface area contributed by atoms with E-state index in [4.69, 9.17) is 0 Å². The van der Waals surface area contributed by atoms with Gasteiger partial charge in [-0.15, -0.1) is 0 Å². The van der Waals surface area contributed by atoms with E-state index in [1.54, 1.807) is 6.92 Å². The number of hydrogen-bond donors (Lipinski definition) is 2. The molecular weight excluding hydrogens is 236 g/mol. The molecule has 1 amide bonds. The van der Waals surface area contributed by atoms with Gasteiger partial charge in [0.15, 0.2) is 0 Å². The van der Waals surface area contributed by atoms with Crippen molar-refractivity contribution in [3.05, 3.63) is 0 Å². The van der Waals surface area contributed by atoms with Crippen LogP contribution in [0.25, 0.3) is 0 Å². The minimum atomic E-state index is -0.0586. The van der Waals surface area contributed by atoms with Gasteiger partial charge in [0.2, 0.25) is 5.91 Å². The van der Waals surface area contributed by atoms with Crippen LogP contribution in [0.1, 0.15) is 59.3 Å². The van der Waals surface area contributed by atoms with Gasteiger partial charge in [-0.05, 0) is 64.0 Å². The molecule has 2 fully saturated rings. The van der Waals surface area contributed by atoms with Gasteiger partial charge in [0.05, 0.1) is 0 Å². The topological polar surface area (TPSA) is 41.1 Å². The Morgan fingerprint density at radius 3 is 2.26 bits per heavy atom. The molecule has 0 radical (unpaired) electrons. The fourth-order valence-electron chi connectivity index (χ4n) is 3.98. The molecule has 110 valence electrons. The van der Waals surface area contributed by atoms with Crippen molar-refractivity contribution in [1.82, 2.24) is 10.6 Å². The lowest BCUT2D eigenvalue weighted by molar-refractivity contribution is -0.120. The van der Waals surface area contributed by atoms with Crippen molar-refractivity contribution in [3.8, 4) is 0 Å². The second-order valence-electron chi connectivity index (χ2n) is 7.21. The first-order valence-corrected chi connectivity index (χ1v) is 7.97. The van der Waals surface area contributed by atoms with E-state index in [2.05, 4.69) is 24.5 Å². The van der Waals surface area contributed by atoms with Crippen LogP contribution >= 0.6 is 0 Å². The number of rotatable bonds is 5. The number of carbonyl (C=O) groups excluding carboxylic acids is 1. The summed E-state index contributed by atoms with van der Waals surface area (Å²) in [7, 11) is 0. The zero-order valence-corrected chi connectivity index (χ0v) is 12.8. The van der Waals surface area contributed by atoms with Gasteiger partial charge in [0.1, 0.15) is 0 Å². The van der Waals surface area contributed by atoms with Gasteiger partial charge in [-0.2, -0.15) is 0 Å². The van der Waals surface area contributed by atoms with E-state index in [1.165, 1.54) is 45.2 Å². The average molecular weight is 266 g/mol. The predicted molar refractivity (Wildman–Crippen MR) is 78.9 cm³/mol. The molecule has 3 heteroatoms. The summed E-state index contributed by atoms with van der Waals surface area (Å²) in [4.78, 5) is 11.3. The minimum absolute atomic E-state index is 0.0586. The van der Waals surface area contributed by atoms with Crippen molar-refractivity contribution in [2.24, 2.45) is 17.8 Å². The molecule has 0 unspecified atom stereocenters. The molecule has 0 aromatic rings. The van der Waals surface area contributed by atoms with E-state index in [9.17, 15) is 4.79 Å². The number of hydrogen-bond acceptors (Lipinski definition) is 2. The predicted octanol–water partition coefficient (Wildman–Crippen LogP) is 2.71. The third-order valence-corrected chi connectivity index (χ3v) is 5.01. The summed E-state index contributed by atoms with van der Waals surface area (Å²) in [5.74, 6) is 2.68. The highest BCUT2D eigenvalue weighted by molar-refractivity contribution is 5.73. The van der Waals surface area contributed by atoms with Crippen LogP contribution in [0.15, 0.2) is 0 Å². The molecule has 19 heavy (non-hydrogen) atoms. The maximum Gasteiger partial charge on any atom is 0.217 e. The van der Waals surface area contributed by atoms with E-state index in [-0.39, 0.29) is 11.4 Å². The Labute approximate surface area is 117 Å². The van der Waals surface area contributed by atoms with E-state index >= 15 is 0 Å². The number of carbonyl (C=O) groups is 1. The zero-order valence-electron chi connectivity index (χ0n) is 12.8. The summed E-state index contributed by atoms with van der Waals surface area (Å²) in [6.07, 6.45) is 8.00. The Bertz CT molecular complexity index is 304. The molecule has 1 saturated carbocycles. The Kier molecular flexibility index (Phi) is 4.88. The average Bonchev–Trinajstić information content (AvgIpc) is 2.25. The minimum Gasteiger partial charge on any atom is -0.351 e. The van der Waals surface area contributed by atoms with Crippen LogP contribution in [0.3, 0.4) is 0 Å². The fourth-order valence-corrected chi connectivity index (χ4v) is 3.98. The molecule has 2 aliphatic rings. The zero-order chi connectivity index (χ0) is 13.9. The van der Waals surface area contributed by atoms with Crippen LogP contribution in [0.2, 0.25) is 0 Å². The second-order valence-corrected chi connectivity index (χ2v) is 7.21. The highest BCUT2D eigenvalue weighted by atomic mass is 16.1. The maximum absolute atomic E-state index is 11.3. The lowest BCUT2D eigenvalue weighted by Gasteiger charge is -2.44. The molecule has 0 aromatic carbocycles. The maximum atomic E-state index is 11.3. The molecule has 1 aliphatic heterocycles. The Morgan fingerprint density at radius 2 is 1.79 bits per heavy atom. The summed E-state index contributed by atoms with van der Waals surface area (Å²) in [6.45, 7) is 8.34. The number of nitrogens with one attached hydrogen (secondary N) is 2.